The minimum atomic E-state index is -0.0580. The summed E-state index contributed by atoms with van der Waals surface area (Å²) < 4.78 is 1.63. The number of nitrogens with zero attached hydrogens (tertiary/aromatic N) is 4. The van der Waals surface area contributed by atoms with Crippen LogP contribution in [0.4, 0.5) is 0 Å². The molecule has 6 nitrogen and oxygen atoms in total. The number of carbonyl (C=O) groups excluding carboxylic acids is 1. The number of aromatic nitrogens is 3. The summed E-state index contributed by atoms with van der Waals surface area (Å²) in [4.78, 5) is 14.4. The number of amides is 1. The highest BCUT2D eigenvalue weighted by Crippen LogP contribution is 2.10. The number of rotatable bonds is 2. The van der Waals surface area contributed by atoms with Crippen LogP contribution in [0, 0.1) is 0 Å². The quantitative estimate of drug-likeness (QED) is 0.897. The van der Waals surface area contributed by atoms with E-state index < -0.39 is 0 Å². The van der Waals surface area contributed by atoms with E-state index in [1.165, 1.54) is 0 Å². The summed E-state index contributed by atoms with van der Waals surface area (Å²) in [6.45, 7) is 5.55. The van der Waals surface area contributed by atoms with E-state index in [2.05, 4.69) is 29.5 Å². The molecule has 0 bridgehead atoms. The lowest BCUT2D eigenvalue weighted by Gasteiger charge is -2.35. The van der Waals surface area contributed by atoms with Crippen LogP contribution in [0.5, 0.6) is 0 Å². The predicted octanol–water partition coefficient (Wildman–Crippen LogP) is 1.09. The number of benzene rings is 1. The minimum absolute atomic E-state index is 0.0580. The molecule has 3 rings (SSSR count). The molecule has 2 aromatic rings. The van der Waals surface area contributed by atoms with E-state index in [0.29, 0.717) is 30.9 Å². The molecule has 1 saturated heterocycles. The highest BCUT2D eigenvalue weighted by Gasteiger charge is 2.27. The van der Waals surface area contributed by atoms with Crippen LogP contribution in [-0.2, 0) is 0 Å². The van der Waals surface area contributed by atoms with Gasteiger partial charge in [0.1, 0.15) is 0 Å². The van der Waals surface area contributed by atoms with Gasteiger partial charge in [0.2, 0.25) is 0 Å². The van der Waals surface area contributed by atoms with Gasteiger partial charge in [0, 0.05) is 25.2 Å². The zero-order valence-corrected chi connectivity index (χ0v) is 12.2. The van der Waals surface area contributed by atoms with Gasteiger partial charge >= 0.3 is 0 Å². The average molecular weight is 285 g/mol. The SMILES string of the molecule is CC1CN(C(=O)c2cn(-c3ccccc3)nn2)CC(C)N1. The summed E-state index contributed by atoms with van der Waals surface area (Å²) in [6, 6.07) is 10.2. The number of nitrogens with one attached hydrogen (secondary N) is 1. The van der Waals surface area contributed by atoms with Crippen molar-refractivity contribution in [1.82, 2.24) is 25.2 Å². The van der Waals surface area contributed by atoms with Crippen LogP contribution in [0.2, 0.25) is 0 Å². The Hall–Kier alpha value is -2.21. The molecule has 110 valence electrons. The Balaban J connectivity index is 1.78. The topological polar surface area (TPSA) is 63.1 Å². The first-order valence-corrected chi connectivity index (χ1v) is 7.16. The fraction of sp³-hybridized carbons (Fsp3) is 0.400. The number of hydrogen-bond donors (Lipinski definition) is 1. The highest BCUT2D eigenvalue weighted by molar-refractivity contribution is 5.92. The molecule has 0 radical (unpaired) electrons. The second-order valence-electron chi connectivity index (χ2n) is 5.56. The molecule has 6 heteroatoms. The van der Waals surface area contributed by atoms with Crippen molar-refractivity contribution in [2.45, 2.75) is 25.9 Å². The third kappa shape index (κ3) is 2.95. The minimum Gasteiger partial charge on any atom is -0.334 e. The van der Waals surface area contributed by atoms with Gasteiger partial charge in [0.25, 0.3) is 5.91 Å². The van der Waals surface area contributed by atoms with Gasteiger partial charge < -0.3 is 10.2 Å². The second kappa shape index (κ2) is 5.65. The molecule has 1 aliphatic rings. The van der Waals surface area contributed by atoms with E-state index in [-0.39, 0.29) is 5.91 Å². The Morgan fingerprint density at radius 3 is 2.52 bits per heavy atom. The summed E-state index contributed by atoms with van der Waals surface area (Å²) in [7, 11) is 0. The molecule has 1 aliphatic heterocycles. The van der Waals surface area contributed by atoms with Gasteiger partial charge in [-0.1, -0.05) is 23.4 Å². The van der Waals surface area contributed by atoms with Crippen molar-refractivity contribution >= 4 is 5.91 Å². The summed E-state index contributed by atoms with van der Waals surface area (Å²) in [5.74, 6) is -0.0580. The number of carbonyl (C=O) groups is 1. The normalized spacial score (nSPS) is 22.3. The monoisotopic (exact) mass is 285 g/mol. The molecule has 2 unspecified atom stereocenters. The lowest BCUT2D eigenvalue weighted by Crippen LogP contribution is -2.55. The van der Waals surface area contributed by atoms with Crippen molar-refractivity contribution in [3.8, 4) is 5.69 Å². The first-order chi connectivity index (χ1) is 10.1. The van der Waals surface area contributed by atoms with Gasteiger partial charge in [-0.25, -0.2) is 4.68 Å². The number of piperazine rings is 1. The zero-order chi connectivity index (χ0) is 14.8. The lowest BCUT2D eigenvalue weighted by atomic mass is 10.1. The summed E-state index contributed by atoms with van der Waals surface area (Å²) in [5.41, 5.74) is 1.28. The Kier molecular flexibility index (Phi) is 3.70. The van der Waals surface area contributed by atoms with Gasteiger partial charge in [-0.05, 0) is 26.0 Å². The molecule has 21 heavy (non-hydrogen) atoms. The van der Waals surface area contributed by atoms with Crippen molar-refractivity contribution in [2.24, 2.45) is 0 Å². The molecular formula is C15H19N5O. The third-order valence-corrected chi connectivity index (χ3v) is 3.58. The largest absolute Gasteiger partial charge is 0.334 e. The molecule has 0 aliphatic carbocycles. The van der Waals surface area contributed by atoms with Crippen LogP contribution in [-0.4, -0.2) is 51.0 Å². The Morgan fingerprint density at radius 1 is 1.19 bits per heavy atom. The molecular weight excluding hydrogens is 266 g/mol. The van der Waals surface area contributed by atoms with Crippen LogP contribution in [0.1, 0.15) is 24.3 Å². The van der Waals surface area contributed by atoms with Crippen LogP contribution >= 0.6 is 0 Å². The molecule has 1 amide bonds. The molecule has 1 fully saturated rings. The summed E-state index contributed by atoms with van der Waals surface area (Å²) in [6.07, 6.45) is 1.69. The zero-order valence-electron chi connectivity index (χ0n) is 12.2. The molecule has 1 N–H and O–H groups in total. The highest BCUT2D eigenvalue weighted by atomic mass is 16.2. The van der Waals surface area contributed by atoms with Crippen LogP contribution in [0.3, 0.4) is 0 Å². The van der Waals surface area contributed by atoms with Crippen LogP contribution in [0.25, 0.3) is 5.69 Å². The van der Waals surface area contributed by atoms with E-state index in [0.717, 1.165) is 5.69 Å². The van der Waals surface area contributed by atoms with Crippen molar-refractivity contribution in [3.63, 3.8) is 0 Å². The van der Waals surface area contributed by atoms with Gasteiger partial charge in [-0.15, -0.1) is 5.10 Å². The lowest BCUT2D eigenvalue weighted by molar-refractivity contribution is 0.0667. The molecule has 2 heterocycles. The number of hydrogen-bond acceptors (Lipinski definition) is 4. The predicted molar refractivity (Wildman–Crippen MR) is 79.3 cm³/mol. The fourth-order valence-corrected chi connectivity index (χ4v) is 2.72. The molecule has 2 atom stereocenters. The number of para-hydroxylation sites is 1. The Labute approximate surface area is 123 Å². The van der Waals surface area contributed by atoms with E-state index in [9.17, 15) is 4.79 Å². The Bertz CT molecular complexity index is 614. The van der Waals surface area contributed by atoms with E-state index >= 15 is 0 Å². The Morgan fingerprint density at radius 2 is 1.86 bits per heavy atom. The van der Waals surface area contributed by atoms with E-state index in [1.54, 1.807) is 10.9 Å². The van der Waals surface area contributed by atoms with Crippen LogP contribution in [0.15, 0.2) is 36.5 Å². The molecule has 0 spiro atoms. The maximum atomic E-state index is 12.5. The van der Waals surface area contributed by atoms with Crippen molar-refractivity contribution in [3.05, 3.63) is 42.2 Å². The van der Waals surface area contributed by atoms with Crippen molar-refractivity contribution in [2.75, 3.05) is 13.1 Å². The van der Waals surface area contributed by atoms with Crippen molar-refractivity contribution in [1.29, 1.82) is 0 Å². The third-order valence-electron chi connectivity index (χ3n) is 3.58. The smallest absolute Gasteiger partial charge is 0.276 e. The molecule has 1 aromatic carbocycles. The van der Waals surface area contributed by atoms with E-state index in [1.807, 2.05) is 35.2 Å². The van der Waals surface area contributed by atoms with Gasteiger partial charge in [0.15, 0.2) is 5.69 Å². The van der Waals surface area contributed by atoms with Gasteiger partial charge in [-0.2, -0.15) is 0 Å². The summed E-state index contributed by atoms with van der Waals surface area (Å²) >= 11 is 0. The molecule has 0 saturated carbocycles. The average Bonchev–Trinajstić information content (AvgIpc) is 2.96. The second-order valence-corrected chi connectivity index (χ2v) is 5.56. The maximum Gasteiger partial charge on any atom is 0.276 e. The standard InChI is InChI=1S/C15H19N5O/c1-11-8-19(9-12(2)16-11)15(21)14-10-20(18-17-14)13-6-4-3-5-7-13/h3-7,10-12,16H,8-9H2,1-2H3. The molecule has 1 aromatic heterocycles. The van der Waals surface area contributed by atoms with Gasteiger partial charge in [0.05, 0.1) is 11.9 Å². The van der Waals surface area contributed by atoms with Crippen molar-refractivity contribution < 1.29 is 4.79 Å². The maximum absolute atomic E-state index is 12.5. The van der Waals surface area contributed by atoms with Gasteiger partial charge in [-0.3, -0.25) is 4.79 Å². The first kappa shape index (κ1) is 13.8. The fourth-order valence-electron chi connectivity index (χ4n) is 2.72. The summed E-state index contributed by atoms with van der Waals surface area (Å²) in [5, 5.41) is 11.5. The van der Waals surface area contributed by atoms with E-state index in [4.69, 9.17) is 0 Å². The first-order valence-electron chi connectivity index (χ1n) is 7.16. The van der Waals surface area contributed by atoms with Crippen LogP contribution < -0.4 is 5.32 Å².